The van der Waals surface area contributed by atoms with Gasteiger partial charge in [-0.15, -0.1) is 20.1 Å². The average Bonchev–Trinajstić information content (AvgIpc) is 3.36. The molecule has 4 aromatic carbocycles. The van der Waals surface area contributed by atoms with Crippen LogP contribution in [0.15, 0.2) is 92.1 Å². The molecule has 0 saturated heterocycles. The number of rotatable bonds is 7. The molecule has 0 saturated carbocycles. The molecular formula is C28H24N8O5S. The van der Waals surface area contributed by atoms with E-state index in [1.165, 1.54) is 18.2 Å². The van der Waals surface area contributed by atoms with Gasteiger partial charge in [-0.2, -0.15) is 23.8 Å². The number of para-hydroxylation sites is 1. The van der Waals surface area contributed by atoms with E-state index in [1.807, 2.05) is 26.0 Å². The molecule has 14 heteroatoms. The van der Waals surface area contributed by atoms with Crippen molar-refractivity contribution in [2.24, 2.45) is 20.5 Å². The summed E-state index contributed by atoms with van der Waals surface area (Å²) in [4.78, 5) is 12.2. The van der Waals surface area contributed by atoms with Gasteiger partial charge in [-0.05, 0) is 92.1 Å². The van der Waals surface area contributed by atoms with E-state index in [-0.39, 0.29) is 28.0 Å². The second kappa shape index (κ2) is 10.9. The van der Waals surface area contributed by atoms with Crippen molar-refractivity contribution in [2.45, 2.75) is 25.7 Å². The first kappa shape index (κ1) is 28.2. The lowest BCUT2D eigenvalue weighted by atomic mass is 10.1. The van der Waals surface area contributed by atoms with E-state index < -0.39 is 21.0 Å². The minimum Gasteiger partial charge on any atom is -0.478 e. The maximum atomic E-state index is 12.2. The fourth-order valence-electron chi connectivity index (χ4n) is 4.12. The highest BCUT2D eigenvalue weighted by molar-refractivity contribution is 7.86. The molecule has 0 aliphatic rings. The lowest BCUT2D eigenvalue weighted by molar-refractivity contribution is 0.0696. The number of nitrogens with zero attached hydrogens (tertiary/aromatic N) is 7. The van der Waals surface area contributed by atoms with Crippen LogP contribution in [0.4, 0.5) is 28.4 Å². The number of aromatic nitrogens is 3. The molecule has 0 fully saturated rings. The number of carboxylic acid groups (broad SMARTS) is 1. The molecule has 0 amide bonds. The molecule has 1 aromatic heterocycles. The van der Waals surface area contributed by atoms with Crippen molar-refractivity contribution in [3.05, 3.63) is 89.0 Å². The largest absolute Gasteiger partial charge is 0.478 e. The van der Waals surface area contributed by atoms with Crippen molar-refractivity contribution in [3.63, 3.8) is 0 Å². The van der Waals surface area contributed by atoms with Gasteiger partial charge in [0, 0.05) is 5.69 Å². The summed E-state index contributed by atoms with van der Waals surface area (Å²) in [5.74, 6) is -1.18. The topological polar surface area (TPSA) is 198 Å². The van der Waals surface area contributed by atoms with E-state index in [0.29, 0.717) is 28.3 Å². The Hall–Kier alpha value is -5.34. The number of nitrogen functional groups attached to an aromatic ring is 1. The third-order valence-electron chi connectivity index (χ3n) is 6.39. The molecule has 0 spiro atoms. The summed E-state index contributed by atoms with van der Waals surface area (Å²) in [5, 5.41) is 34.9. The van der Waals surface area contributed by atoms with Crippen LogP contribution in [0.25, 0.3) is 16.7 Å². The molecule has 0 bridgehead atoms. The zero-order valence-electron chi connectivity index (χ0n) is 22.6. The van der Waals surface area contributed by atoms with Crippen LogP contribution in [0.2, 0.25) is 0 Å². The third kappa shape index (κ3) is 5.75. The minimum absolute atomic E-state index is 0.0510. The SMILES string of the molecule is Cc1cc(N=Nc2ccc(N=Nc3cc4nn(-c5ccccc5C(=O)O)nc4cc3S(=O)(=O)O)c(C)c2)c(C)cc1N. The monoisotopic (exact) mass is 584 g/mol. The second-order valence-corrected chi connectivity index (χ2v) is 10.9. The highest BCUT2D eigenvalue weighted by atomic mass is 32.2. The van der Waals surface area contributed by atoms with Crippen molar-refractivity contribution in [1.29, 1.82) is 0 Å². The number of azo groups is 2. The standard InChI is InChI=1S/C28H24N8O5S/c1-15-12-22(17(3)11-20(15)29)32-30-18-8-9-21(16(2)10-18)31-33-25-13-23-24(14-27(25)42(39,40)41)35-36(34-23)26-7-5-4-6-19(26)28(37)38/h4-14H,29H2,1-3H3,(H,37,38)(H,39,40,41). The van der Waals surface area contributed by atoms with Crippen LogP contribution < -0.4 is 5.73 Å². The predicted octanol–water partition coefficient (Wildman–Crippen LogP) is 6.70. The summed E-state index contributed by atoms with van der Waals surface area (Å²) in [5.41, 5.74) is 11.0. The van der Waals surface area contributed by atoms with Crippen LogP contribution in [0, 0.1) is 20.8 Å². The van der Waals surface area contributed by atoms with E-state index in [1.54, 1.807) is 37.3 Å². The molecular weight excluding hydrogens is 560 g/mol. The van der Waals surface area contributed by atoms with Crippen LogP contribution in [0.1, 0.15) is 27.0 Å². The number of aromatic carboxylic acids is 1. The Morgan fingerprint density at radius 1 is 0.786 bits per heavy atom. The van der Waals surface area contributed by atoms with Gasteiger partial charge in [0.25, 0.3) is 10.1 Å². The molecule has 42 heavy (non-hydrogen) atoms. The summed E-state index contributed by atoms with van der Waals surface area (Å²) in [7, 11) is -4.73. The molecule has 5 aromatic rings. The molecule has 212 valence electrons. The van der Waals surface area contributed by atoms with Gasteiger partial charge < -0.3 is 10.8 Å². The number of aryl methyl sites for hydroxylation is 3. The van der Waals surface area contributed by atoms with Crippen molar-refractivity contribution in [1.82, 2.24) is 15.0 Å². The van der Waals surface area contributed by atoms with Crippen molar-refractivity contribution < 1.29 is 22.9 Å². The maximum Gasteiger partial charge on any atom is 0.337 e. The lowest BCUT2D eigenvalue weighted by Gasteiger charge is -2.05. The summed E-state index contributed by atoms with van der Waals surface area (Å²) in [6.07, 6.45) is 0. The summed E-state index contributed by atoms with van der Waals surface area (Å²) in [6.45, 7) is 5.57. The minimum atomic E-state index is -4.73. The Morgan fingerprint density at radius 2 is 1.43 bits per heavy atom. The first-order valence-corrected chi connectivity index (χ1v) is 13.9. The van der Waals surface area contributed by atoms with Gasteiger partial charge in [-0.3, -0.25) is 4.55 Å². The summed E-state index contributed by atoms with van der Waals surface area (Å²) < 4.78 is 34.2. The van der Waals surface area contributed by atoms with Gasteiger partial charge in [0.1, 0.15) is 27.3 Å². The predicted molar refractivity (Wildman–Crippen MR) is 155 cm³/mol. The van der Waals surface area contributed by atoms with E-state index in [2.05, 4.69) is 30.7 Å². The molecule has 0 aliphatic carbocycles. The van der Waals surface area contributed by atoms with Crippen LogP contribution >= 0.6 is 0 Å². The molecule has 0 atom stereocenters. The van der Waals surface area contributed by atoms with Gasteiger partial charge in [-0.25, -0.2) is 4.79 Å². The van der Waals surface area contributed by atoms with Gasteiger partial charge >= 0.3 is 5.97 Å². The van der Waals surface area contributed by atoms with Crippen LogP contribution in [0.3, 0.4) is 0 Å². The Bertz CT molecular complexity index is 2050. The quantitative estimate of drug-likeness (QED) is 0.106. The first-order chi connectivity index (χ1) is 19.9. The zero-order valence-corrected chi connectivity index (χ0v) is 23.4. The number of anilines is 1. The summed E-state index contributed by atoms with van der Waals surface area (Å²) >= 11 is 0. The van der Waals surface area contributed by atoms with E-state index in [4.69, 9.17) is 5.73 Å². The second-order valence-electron chi connectivity index (χ2n) is 9.46. The normalized spacial score (nSPS) is 12.1. The highest BCUT2D eigenvalue weighted by Gasteiger charge is 2.21. The van der Waals surface area contributed by atoms with Gasteiger partial charge in [0.2, 0.25) is 0 Å². The van der Waals surface area contributed by atoms with E-state index in [0.717, 1.165) is 22.0 Å². The van der Waals surface area contributed by atoms with Crippen molar-refractivity contribution in [2.75, 3.05) is 5.73 Å². The number of nitrogens with two attached hydrogens (primary N) is 1. The Morgan fingerprint density at radius 3 is 2.12 bits per heavy atom. The molecule has 1 heterocycles. The number of hydrogen-bond acceptors (Lipinski definition) is 10. The number of fused-ring (bicyclic) bond motifs is 1. The molecule has 0 unspecified atom stereocenters. The van der Waals surface area contributed by atoms with E-state index in [9.17, 15) is 22.9 Å². The molecule has 4 N–H and O–H groups in total. The first-order valence-electron chi connectivity index (χ1n) is 12.4. The molecule has 0 radical (unpaired) electrons. The number of benzene rings is 4. The molecule has 0 aliphatic heterocycles. The van der Waals surface area contributed by atoms with Gasteiger partial charge in [0.15, 0.2) is 0 Å². The number of hydrogen-bond donors (Lipinski definition) is 3. The van der Waals surface area contributed by atoms with E-state index >= 15 is 0 Å². The van der Waals surface area contributed by atoms with Crippen LogP contribution in [0.5, 0.6) is 0 Å². The van der Waals surface area contributed by atoms with Crippen molar-refractivity contribution in [3.8, 4) is 5.69 Å². The van der Waals surface area contributed by atoms with Crippen LogP contribution in [-0.2, 0) is 10.1 Å². The maximum absolute atomic E-state index is 12.2. The lowest BCUT2D eigenvalue weighted by Crippen LogP contribution is -2.07. The molecule has 5 rings (SSSR count). The van der Waals surface area contributed by atoms with Gasteiger partial charge in [-0.1, -0.05) is 12.1 Å². The Balaban J connectivity index is 1.48. The number of carboxylic acids is 1. The Kier molecular flexibility index (Phi) is 7.33. The smallest absolute Gasteiger partial charge is 0.337 e. The van der Waals surface area contributed by atoms with Crippen LogP contribution in [-0.4, -0.2) is 39.0 Å². The fraction of sp³-hybridized carbons (Fsp3) is 0.107. The van der Waals surface area contributed by atoms with Gasteiger partial charge in [0.05, 0.1) is 22.6 Å². The molecule has 13 nitrogen and oxygen atoms in total. The Labute approximate surface area is 239 Å². The van der Waals surface area contributed by atoms with Crippen molar-refractivity contribution >= 4 is 55.6 Å². The third-order valence-corrected chi connectivity index (χ3v) is 7.28. The number of carbonyl (C=O) groups is 1. The highest BCUT2D eigenvalue weighted by Crippen LogP contribution is 2.33. The average molecular weight is 585 g/mol. The zero-order chi connectivity index (χ0) is 30.2. The summed E-state index contributed by atoms with van der Waals surface area (Å²) in [6, 6.07) is 17.3. The fourth-order valence-corrected chi connectivity index (χ4v) is 4.74.